The third-order valence-electron chi connectivity index (χ3n) is 3.02. The van der Waals surface area contributed by atoms with E-state index in [2.05, 4.69) is 0 Å². The van der Waals surface area contributed by atoms with Crippen molar-refractivity contribution in [2.75, 3.05) is 21.3 Å². The van der Waals surface area contributed by atoms with Gasteiger partial charge in [0.1, 0.15) is 11.3 Å². The Hall–Kier alpha value is -2.56. The molecule has 0 atom stereocenters. The van der Waals surface area contributed by atoms with Gasteiger partial charge in [-0.2, -0.15) is 0 Å². The molecule has 0 bridgehead atoms. The Kier molecular flexibility index (Phi) is 3.89. The summed E-state index contributed by atoms with van der Waals surface area (Å²) >= 11 is 0. The van der Waals surface area contributed by atoms with E-state index in [9.17, 15) is 9.59 Å². The lowest BCUT2D eigenvalue weighted by Crippen LogP contribution is -2.09. The third-order valence-corrected chi connectivity index (χ3v) is 3.02. The second-order valence-electron chi connectivity index (χ2n) is 4.03. The highest BCUT2D eigenvalue weighted by Crippen LogP contribution is 2.31. The van der Waals surface area contributed by atoms with Crippen molar-refractivity contribution < 1.29 is 23.8 Å². The van der Waals surface area contributed by atoms with E-state index in [0.717, 1.165) is 5.39 Å². The van der Waals surface area contributed by atoms with Crippen molar-refractivity contribution in [3.8, 4) is 5.75 Å². The molecule has 5 nitrogen and oxygen atoms in total. The standard InChI is InChI=1S/C15H14O5/c1-18-11-8-7-9-5-4-6-10(14(16)19-2)12(9)13(11)15(17)20-3/h4-8H,1-3H3. The van der Waals surface area contributed by atoms with E-state index in [0.29, 0.717) is 16.7 Å². The Balaban J connectivity index is 2.89. The largest absolute Gasteiger partial charge is 0.496 e. The lowest BCUT2D eigenvalue weighted by molar-refractivity contribution is 0.0599. The van der Waals surface area contributed by atoms with Crippen LogP contribution in [0.25, 0.3) is 10.8 Å². The first-order valence-electron chi connectivity index (χ1n) is 5.90. The Morgan fingerprint density at radius 3 is 2.20 bits per heavy atom. The average Bonchev–Trinajstić information content (AvgIpc) is 2.51. The molecule has 2 aromatic carbocycles. The molecule has 0 aliphatic rings. The molecule has 0 radical (unpaired) electrons. The number of hydrogen-bond donors (Lipinski definition) is 0. The van der Waals surface area contributed by atoms with Gasteiger partial charge in [0.05, 0.1) is 26.9 Å². The lowest BCUT2D eigenvalue weighted by atomic mass is 9.98. The number of hydrogen-bond acceptors (Lipinski definition) is 5. The van der Waals surface area contributed by atoms with E-state index in [4.69, 9.17) is 14.2 Å². The number of methoxy groups -OCH3 is 3. The van der Waals surface area contributed by atoms with E-state index in [1.165, 1.54) is 21.3 Å². The van der Waals surface area contributed by atoms with Gasteiger partial charge in [0.25, 0.3) is 0 Å². The fraction of sp³-hybridized carbons (Fsp3) is 0.200. The summed E-state index contributed by atoms with van der Waals surface area (Å²) in [5, 5.41) is 1.19. The second-order valence-corrected chi connectivity index (χ2v) is 4.03. The molecule has 0 saturated heterocycles. The van der Waals surface area contributed by atoms with Gasteiger partial charge in [0.15, 0.2) is 0 Å². The van der Waals surface area contributed by atoms with E-state index in [-0.39, 0.29) is 5.56 Å². The van der Waals surface area contributed by atoms with E-state index in [1.807, 2.05) is 0 Å². The quantitative estimate of drug-likeness (QED) is 0.804. The summed E-state index contributed by atoms with van der Waals surface area (Å²) in [7, 11) is 4.02. The molecule has 2 aromatic rings. The zero-order valence-corrected chi connectivity index (χ0v) is 11.4. The number of carbonyl (C=O) groups is 2. The molecule has 0 amide bonds. The van der Waals surface area contributed by atoms with Crippen LogP contribution in [0.15, 0.2) is 30.3 Å². The minimum absolute atomic E-state index is 0.216. The predicted molar refractivity (Wildman–Crippen MR) is 73.2 cm³/mol. The van der Waals surface area contributed by atoms with Gasteiger partial charge in [-0.1, -0.05) is 18.2 Å². The third kappa shape index (κ3) is 2.18. The highest BCUT2D eigenvalue weighted by Gasteiger charge is 2.22. The maximum absolute atomic E-state index is 12.0. The number of carbonyl (C=O) groups excluding carboxylic acids is 2. The van der Waals surface area contributed by atoms with Crippen LogP contribution in [0.1, 0.15) is 20.7 Å². The molecule has 0 aliphatic carbocycles. The molecule has 104 valence electrons. The summed E-state index contributed by atoms with van der Waals surface area (Å²) in [6, 6.07) is 8.55. The first kappa shape index (κ1) is 13.9. The van der Waals surface area contributed by atoms with Crippen LogP contribution in [0, 0.1) is 0 Å². The van der Waals surface area contributed by atoms with Crippen LogP contribution in [0.4, 0.5) is 0 Å². The maximum atomic E-state index is 12.0. The smallest absolute Gasteiger partial charge is 0.342 e. The van der Waals surface area contributed by atoms with Gasteiger partial charge < -0.3 is 14.2 Å². The Bertz CT molecular complexity index is 675. The van der Waals surface area contributed by atoms with Crippen LogP contribution < -0.4 is 4.74 Å². The van der Waals surface area contributed by atoms with Crippen molar-refractivity contribution in [2.24, 2.45) is 0 Å². The summed E-state index contributed by atoms with van der Waals surface area (Å²) in [5.41, 5.74) is 0.512. The normalized spacial score (nSPS) is 10.2. The van der Waals surface area contributed by atoms with Crippen LogP contribution >= 0.6 is 0 Å². The molecule has 20 heavy (non-hydrogen) atoms. The van der Waals surface area contributed by atoms with Crippen molar-refractivity contribution in [3.63, 3.8) is 0 Å². The number of benzene rings is 2. The van der Waals surface area contributed by atoms with Gasteiger partial charge in [-0.15, -0.1) is 0 Å². The SMILES string of the molecule is COC(=O)c1cccc2ccc(OC)c(C(=O)OC)c12. The molecular formula is C15H14O5. The van der Waals surface area contributed by atoms with Crippen molar-refractivity contribution in [2.45, 2.75) is 0 Å². The molecule has 2 rings (SSSR count). The Labute approximate surface area is 116 Å². The lowest BCUT2D eigenvalue weighted by Gasteiger charge is -2.12. The first-order valence-corrected chi connectivity index (χ1v) is 5.90. The zero-order chi connectivity index (χ0) is 14.7. The highest BCUT2D eigenvalue weighted by atomic mass is 16.5. The summed E-state index contributed by atoms with van der Waals surface area (Å²) in [6.07, 6.45) is 0. The monoisotopic (exact) mass is 274 g/mol. The molecule has 0 N–H and O–H groups in total. The van der Waals surface area contributed by atoms with E-state index >= 15 is 0 Å². The van der Waals surface area contributed by atoms with Gasteiger partial charge in [-0.25, -0.2) is 9.59 Å². The highest BCUT2D eigenvalue weighted by molar-refractivity contribution is 6.14. The van der Waals surface area contributed by atoms with E-state index in [1.54, 1.807) is 30.3 Å². The minimum atomic E-state index is -0.566. The molecule has 0 aliphatic heterocycles. The van der Waals surface area contributed by atoms with Crippen LogP contribution in [-0.4, -0.2) is 33.3 Å². The topological polar surface area (TPSA) is 61.8 Å². The molecular weight excluding hydrogens is 260 g/mol. The van der Waals surface area contributed by atoms with Crippen molar-refractivity contribution in [3.05, 3.63) is 41.5 Å². The van der Waals surface area contributed by atoms with Crippen molar-refractivity contribution in [1.82, 2.24) is 0 Å². The summed E-state index contributed by atoms with van der Waals surface area (Å²) < 4.78 is 14.7. The van der Waals surface area contributed by atoms with E-state index < -0.39 is 11.9 Å². The molecule has 0 heterocycles. The number of ether oxygens (including phenoxy) is 3. The van der Waals surface area contributed by atoms with Gasteiger partial charge in [0, 0.05) is 5.39 Å². The molecule has 0 saturated carbocycles. The summed E-state index contributed by atoms with van der Waals surface area (Å²) in [4.78, 5) is 23.9. The summed E-state index contributed by atoms with van der Waals surface area (Å²) in [5.74, 6) is -0.737. The van der Waals surface area contributed by atoms with Gasteiger partial charge >= 0.3 is 11.9 Å². The first-order chi connectivity index (χ1) is 9.63. The van der Waals surface area contributed by atoms with Crippen LogP contribution in [-0.2, 0) is 9.47 Å². The Morgan fingerprint density at radius 2 is 1.60 bits per heavy atom. The molecule has 5 heteroatoms. The maximum Gasteiger partial charge on any atom is 0.342 e. The Morgan fingerprint density at radius 1 is 0.900 bits per heavy atom. The van der Waals surface area contributed by atoms with Gasteiger partial charge in [0.2, 0.25) is 0 Å². The number of fused-ring (bicyclic) bond motifs is 1. The molecule has 0 unspecified atom stereocenters. The minimum Gasteiger partial charge on any atom is -0.496 e. The fourth-order valence-electron chi connectivity index (χ4n) is 2.11. The van der Waals surface area contributed by atoms with Crippen LogP contribution in [0.5, 0.6) is 5.75 Å². The molecule has 0 aromatic heterocycles. The number of esters is 2. The van der Waals surface area contributed by atoms with Crippen molar-refractivity contribution in [1.29, 1.82) is 0 Å². The van der Waals surface area contributed by atoms with Gasteiger partial charge in [-0.05, 0) is 17.5 Å². The van der Waals surface area contributed by atoms with Gasteiger partial charge in [-0.3, -0.25) is 0 Å². The summed E-state index contributed by atoms with van der Waals surface area (Å²) in [6.45, 7) is 0. The predicted octanol–water partition coefficient (Wildman–Crippen LogP) is 2.42. The number of rotatable bonds is 3. The average molecular weight is 274 g/mol. The van der Waals surface area contributed by atoms with Crippen molar-refractivity contribution >= 4 is 22.7 Å². The van der Waals surface area contributed by atoms with Crippen LogP contribution in [0.3, 0.4) is 0 Å². The molecule has 0 fully saturated rings. The second kappa shape index (κ2) is 5.61. The van der Waals surface area contributed by atoms with Crippen LogP contribution in [0.2, 0.25) is 0 Å². The zero-order valence-electron chi connectivity index (χ0n) is 11.4. The molecule has 0 spiro atoms. The fourth-order valence-corrected chi connectivity index (χ4v) is 2.11.